The van der Waals surface area contributed by atoms with Crippen molar-refractivity contribution in [3.8, 4) is 11.5 Å². The van der Waals surface area contributed by atoms with E-state index in [1.165, 1.54) is 18.4 Å². The van der Waals surface area contributed by atoms with Gasteiger partial charge in [-0.15, -0.1) is 10.2 Å². The van der Waals surface area contributed by atoms with Crippen molar-refractivity contribution in [2.24, 2.45) is 0 Å². The average Bonchev–Trinajstić information content (AvgIpc) is 3.29. The lowest BCUT2D eigenvalue weighted by molar-refractivity contribution is 0.111. The average molecular weight is 338 g/mol. The van der Waals surface area contributed by atoms with Crippen molar-refractivity contribution < 1.29 is 4.42 Å². The van der Waals surface area contributed by atoms with Gasteiger partial charge in [0.15, 0.2) is 0 Å². The standard InChI is InChI=1S/C18H22N6O/c1-14-5-7-15(8-6-14)18-22-21-17(25-18)11-23-9-3-2-4-16(23)10-24-13-19-12-20-24/h5-8,12-13,16H,2-4,9-11H2,1H3/t16-/m0/s1. The lowest BCUT2D eigenvalue weighted by Gasteiger charge is -2.34. The maximum Gasteiger partial charge on any atom is 0.247 e. The van der Waals surface area contributed by atoms with Crippen LogP contribution in [-0.2, 0) is 13.1 Å². The molecule has 1 aliphatic heterocycles. The van der Waals surface area contributed by atoms with Crippen LogP contribution in [0, 0.1) is 6.92 Å². The molecule has 130 valence electrons. The molecule has 0 unspecified atom stereocenters. The molecule has 0 N–H and O–H groups in total. The fourth-order valence-corrected chi connectivity index (χ4v) is 3.32. The van der Waals surface area contributed by atoms with E-state index >= 15 is 0 Å². The molecule has 4 rings (SSSR count). The quantitative estimate of drug-likeness (QED) is 0.712. The maximum atomic E-state index is 5.90. The molecule has 0 amide bonds. The second-order valence-electron chi connectivity index (χ2n) is 6.60. The summed E-state index contributed by atoms with van der Waals surface area (Å²) in [5, 5.41) is 12.7. The number of piperidine rings is 1. The van der Waals surface area contributed by atoms with Crippen molar-refractivity contribution in [1.29, 1.82) is 0 Å². The summed E-state index contributed by atoms with van der Waals surface area (Å²) >= 11 is 0. The maximum absolute atomic E-state index is 5.90. The second-order valence-corrected chi connectivity index (χ2v) is 6.60. The SMILES string of the molecule is Cc1ccc(-c2nnc(CN3CCCC[C@H]3Cn3cncn3)o2)cc1. The van der Waals surface area contributed by atoms with E-state index in [2.05, 4.69) is 44.2 Å². The van der Waals surface area contributed by atoms with E-state index in [1.54, 1.807) is 12.7 Å². The highest BCUT2D eigenvalue weighted by atomic mass is 16.4. The Kier molecular flexibility index (Phi) is 4.56. The van der Waals surface area contributed by atoms with Gasteiger partial charge in [-0.1, -0.05) is 24.1 Å². The first kappa shape index (κ1) is 16.0. The first-order valence-electron chi connectivity index (χ1n) is 8.74. The molecule has 3 heterocycles. The Labute approximate surface area is 146 Å². The van der Waals surface area contributed by atoms with Crippen molar-refractivity contribution in [3.63, 3.8) is 0 Å². The number of likely N-dealkylation sites (tertiary alicyclic amines) is 1. The van der Waals surface area contributed by atoms with Gasteiger partial charge < -0.3 is 4.42 Å². The highest BCUT2D eigenvalue weighted by Gasteiger charge is 2.25. The first-order chi connectivity index (χ1) is 12.3. The van der Waals surface area contributed by atoms with Gasteiger partial charge >= 0.3 is 0 Å². The van der Waals surface area contributed by atoms with Gasteiger partial charge in [-0.05, 0) is 38.4 Å². The molecular formula is C18H22N6O. The molecule has 1 fully saturated rings. The molecule has 3 aromatic rings. The third-order valence-corrected chi connectivity index (χ3v) is 4.72. The van der Waals surface area contributed by atoms with Crippen molar-refractivity contribution in [2.45, 2.75) is 45.3 Å². The minimum Gasteiger partial charge on any atom is -0.419 e. The smallest absolute Gasteiger partial charge is 0.247 e. The van der Waals surface area contributed by atoms with Crippen molar-refractivity contribution in [1.82, 2.24) is 29.9 Å². The van der Waals surface area contributed by atoms with Gasteiger partial charge in [0.25, 0.3) is 0 Å². The van der Waals surface area contributed by atoms with Crippen LogP contribution in [-0.4, -0.2) is 42.4 Å². The van der Waals surface area contributed by atoms with Crippen molar-refractivity contribution in [3.05, 3.63) is 48.4 Å². The van der Waals surface area contributed by atoms with Crippen molar-refractivity contribution in [2.75, 3.05) is 6.54 Å². The first-order valence-corrected chi connectivity index (χ1v) is 8.74. The molecular weight excluding hydrogens is 316 g/mol. The third-order valence-electron chi connectivity index (χ3n) is 4.72. The third kappa shape index (κ3) is 3.76. The monoisotopic (exact) mass is 338 g/mol. The molecule has 2 aromatic heterocycles. The Hall–Kier alpha value is -2.54. The molecule has 0 bridgehead atoms. The number of aromatic nitrogens is 5. The van der Waals surface area contributed by atoms with Crippen LogP contribution in [0.15, 0.2) is 41.3 Å². The minimum atomic E-state index is 0.421. The predicted octanol–water partition coefficient (Wildman–Crippen LogP) is 2.69. The Morgan fingerprint density at radius 1 is 1.16 bits per heavy atom. The van der Waals surface area contributed by atoms with Gasteiger partial charge in [0.2, 0.25) is 11.8 Å². The summed E-state index contributed by atoms with van der Waals surface area (Å²) in [4.78, 5) is 6.45. The summed E-state index contributed by atoms with van der Waals surface area (Å²) in [6.07, 6.45) is 6.95. The molecule has 7 heteroatoms. The van der Waals surface area contributed by atoms with Crippen LogP contribution < -0.4 is 0 Å². The molecule has 25 heavy (non-hydrogen) atoms. The lowest BCUT2D eigenvalue weighted by atomic mass is 10.0. The minimum absolute atomic E-state index is 0.421. The van der Waals surface area contributed by atoms with E-state index in [9.17, 15) is 0 Å². The molecule has 0 radical (unpaired) electrons. The van der Waals surface area contributed by atoms with Gasteiger partial charge in [0.1, 0.15) is 12.7 Å². The number of rotatable bonds is 5. The predicted molar refractivity (Wildman–Crippen MR) is 92.5 cm³/mol. The fraction of sp³-hybridized carbons (Fsp3) is 0.444. The molecule has 1 aliphatic rings. The topological polar surface area (TPSA) is 72.9 Å². The van der Waals surface area contributed by atoms with Crippen LogP contribution in [0.5, 0.6) is 0 Å². The van der Waals surface area contributed by atoms with E-state index in [1.807, 2.05) is 16.8 Å². The zero-order chi connectivity index (χ0) is 17.1. The summed E-state index contributed by atoms with van der Waals surface area (Å²) in [5.41, 5.74) is 2.18. The van der Waals surface area contributed by atoms with E-state index in [0.717, 1.165) is 25.1 Å². The fourth-order valence-electron chi connectivity index (χ4n) is 3.32. The zero-order valence-corrected chi connectivity index (χ0v) is 14.4. The van der Waals surface area contributed by atoms with Crippen LogP contribution in [0.4, 0.5) is 0 Å². The lowest BCUT2D eigenvalue weighted by Crippen LogP contribution is -2.41. The van der Waals surface area contributed by atoms with E-state index < -0.39 is 0 Å². The normalized spacial score (nSPS) is 18.5. The summed E-state index contributed by atoms with van der Waals surface area (Å²) in [6, 6.07) is 8.56. The second kappa shape index (κ2) is 7.14. The van der Waals surface area contributed by atoms with E-state index in [4.69, 9.17) is 4.42 Å². The van der Waals surface area contributed by atoms with Crippen LogP contribution in [0.2, 0.25) is 0 Å². The molecule has 0 saturated carbocycles. The highest BCUT2D eigenvalue weighted by Crippen LogP contribution is 2.23. The van der Waals surface area contributed by atoms with E-state index in [-0.39, 0.29) is 0 Å². The number of aryl methyl sites for hydroxylation is 1. The van der Waals surface area contributed by atoms with Crippen LogP contribution in [0.1, 0.15) is 30.7 Å². The number of benzene rings is 1. The number of hydrogen-bond acceptors (Lipinski definition) is 6. The molecule has 1 saturated heterocycles. The Bertz CT molecular complexity index is 795. The number of hydrogen-bond donors (Lipinski definition) is 0. The molecule has 1 atom stereocenters. The van der Waals surface area contributed by atoms with Gasteiger partial charge in [0, 0.05) is 11.6 Å². The van der Waals surface area contributed by atoms with E-state index in [0.29, 0.717) is 24.4 Å². The Morgan fingerprint density at radius 2 is 2.04 bits per heavy atom. The van der Waals surface area contributed by atoms with Crippen molar-refractivity contribution >= 4 is 0 Å². The Morgan fingerprint density at radius 3 is 2.84 bits per heavy atom. The summed E-state index contributed by atoms with van der Waals surface area (Å²) in [6.45, 7) is 4.63. The van der Waals surface area contributed by atoms with Gasteiger partial charge in [-0.25, -0.2) is 4.98 Å². The summed E-state index contributed by atoms with van der Waals surface area (Å²) < 4.78 is 7.79. The van der Waals surface area contributed by atoms with Crippen LogP contribution >= 0.6 is 0 Å². The van der Waals surface area contributed by atoms with Crippen LogP contribution in [0.25, 0.3) is 11.5 Å². The summed E-state index contributed by atoms with van der Waals surface area (Å²) in [5.74, 6) is 1.25. The largest absolute Gasteiger partial charge is 0.419 e. The Balaban J connectivity index is 1.45. The molecule has 0 aliphatic carbocycles. The highest BCUT2D eigenvalue weighted by molar-refractivity contribution is 5.52. The van der Waals surface area contributed by atoms with Crippen LogP contribution in [0.3, 0.4) is 0 Å². The molecule has 1 aromatic carbocycles. The number of nitrogens with zero attached hydrogens (tertiary/aromatic N) is 6. The molecule has 7 nitrogen and oxygen atoms in total. The van der Waals surface area contributed by atoms with Gasteiger partial charge in [-0.2, -0.15) is 5.10 Å². The van der Waals surface area contributed by atoms with Gasteiger partial charge in [-0.3, -0.25) is 9.58 Å². The van der Waals surface area contributed by atoms with Gasteiger partial charge in [0.05, 0.1) is 13.1 Å². The summed E-state index contributed by atoms with van der Waals surface area (Å²) in [7, 11) is 0. The molecule has 0 spiro atoms. The zero-order valence-electron chi connectivity index (χ0n) is 14.4.